The van der Waals surface area contributed by atoms with Gasteiger partial charge in [-0.15, -0.1) is 0 Å². The first-order valence-electron chi connectivity index (χ1n) is 7.09. The van der Waals surface area contributed by atoms with Crippen LogP contribution in [0.2, 0.25) is 0 Å². The van der Waals surface area contributed by atoms with E-state index in [1.807, 2.05) is 0 Å². The zero-order valence-electron chi connectivity index (χ0n) is 12.4. The quantitative estimate of drug-likeness (QED) is 0.750. The first-order chi connectivity index (χ1) is 11.0. The molecule has 1 fully saturated rings. The van der Waals surface area contributed by atoms with E-state index < -0.39 is 46.3 Å². The minimum atomic E-state index is -4.83. The highest BCUT2D eigenvalue weighted by Gasteiger charge is 2.45. The third-order valence-electron chi connectivity index (χ3n) is 3.99. The Balaban J connectivity index is 2.34. The summed E-state index contributed by atoms with van der Waals surface area (Å²) in [5.74, 6) is -0.556. The van der Waals surface area contributed by atoms with Gasteiger partial charge in [-0.2, -0.15) is 26.3 Å². The monoisotopic (exact) mass is 350 g/mol. The van der Waals surface area contributed by atoms with Crippen LogP contribution in [0, 0.1) is 0 Å². The summed E-state index contributed by atoms with van der Waals surface area (Å²) >= 11 is 0. The lowest BCUT2D eigenvalue weighted by Gasteiger charge is -2.16. The highest BCUT2D eigenvalue weighted by Crippen LogP contribution is 2.45. The smallest absolute Gasteiger partial charge is 0.276 e. The molecule has 0 radical (unpaired) electrons. The zero-order chi connectivity index (χ0) is 17.9. The van der Waals surface area contributed by atoms with Gasteiger partial charge in [-0.1, -0.05) is 12.1 Å². The van der Waals surface area contributed by atoms with Crippen LogP contribution in [-0.4, -0.2) is 9.36 Å². The molecule has 1 aliphatic carbocycles. The largest absolute Gasteiger partial charge is 0.433 e. The fourth-order valence-corrected chi connectivity index (χ4v) is 2.87. The van der Waals surface area contributed by atoms with Crippen LogP contribution in [0.15, 0.2) is 29.1 Å². The number of benzene rings is 1. The van der Waals surface area contributed by atoms with E-state index in [0.717, 1.165) is 25.2 Å². The molecule has 130 valence electrons. The van der Waals surface area contributed by atoms with Gasteiger partial charge in [0, 0.05) is 7.05 Å². The van der Waals surface area contributed by atoms with Gasteiger partial charge in [0.25, 0.3) is 5.56 Å². The maximum atomic E-state index is 13.3. The van der Waals surface area contributed by atoms with Gasteiger partial charge in [-0.05, 0) is 30.9 Å². The summed E-state index contributed by atoms with van der Waals surface area (Å²) in [7, 11) is 0.948. The van der Waals surface area contributed by atoms with E-state index >= 15 is 0 Å². The molecule has 3 nitrogen and oxygen atoms in total. The standard InChI is InChI=1S/C15H12F6N2O/c1-22-12(15(19,20)21)11(8-6-7-8)13(24)23(22)10-5-3-2-4-9(10)14(16,17)18/h2-5,8H,6-7H2,1H3. The van der Waals surface area contributed by atoms with Crippen molar-refractivity contribution < 1.29 is 26.3 Å². The van der Waals surface area contributed by atoms with Crippen LogP contribution < -0.4 is 5.56 Å². The summed E-state index contributed by atoms with van der Waals surface area (Å²) in [5.41, 5.74) is -4.48. The third-order valence-corrected chi connectivity index (χ3v) is 3.99. The van der Waals surface area contributed by atoms with Gasteiger partial charge in [0.05, 0.1) is 16.8 Å². The molecule has 0 spiro atoms. The number of para-hydroxylation sites is 1. The summed E-state index contributed by atoms with van der Waals surface area (Å²) in [6.07, 6.45) is -8.78. The second-order valence-electron chi connectivity index (χ2n) is 5.69. The van der Waals surface area contributed by atoms with Crippen molar-refractivity contribution >= 4 is 0 Å². The van der Waals surface area contributed by atoms with Crippen LogP contribution in [0.1, 0.15) is 35.6 Å². The number of rotatable bonds is 2. The Morgan fingerprint density at radius 2 is 1.58 bits per heavy atom. The molecule has 0 amide bonds. The lowest BCUT2D eigenvalue weighted by molar-refractivity contribution is -0.144. The van der Waals surface area contributed by atoms with Gasteiger partial charge >= 0.3 is 12.4 Å². The van der Waals surface area contributed by atoms with E-state index in [1.54, 1.807) is 0 Å². The molecule has 0 unspecified atom stereocenters. The Hall–Kier alpha value is -2.19. The van der Waals surface area contributed by atoms with Crippen molar-refractivity contribution in [2.45, 2.75) is 31.1 Å². The van der Waals surface area contributed by atoms with Crippen LogP contribution in [0.5, 0.6) is 0 Å². The average Bonchev–Trinajstić information content (AvgIpc) is 3.23. The van der Waals surface area contributed by atoms with Crippen LogP contribution in [-0.2, 0) is 19.4 Å². The predicted octanol–water partition coefficient (Wildman–Crippen LogP) is 4.09. The van der Waals surface area contributed by atoms with Crippen molar-refractivity contribution in [3.63, 3.8) is 0 Å². The molecular weight excluding hydrogens is 338 g/mol. The third kappa shape index (κ3) is 2.61. The molecule has 1 aromatic carbocycles. The van der Waals surface area contributed by atoms with Gasteiger partial charge in [0.2, 0.25) is 0 Å². The van der Waals surface area contributed by atoms with Crippen molar-refractivity contribution in [2.75, 3.05) is 0 Å². The van der Waals surface area contributed by atoms with E-state index in [2.05, 4.69) is 0 Å². The van der Waals surface area contributed by atoms with Crippen LogP contribution in [0.4, 0.5) is 26.3 Å². The Morgan fingerprint density at radius 1 is 1.00 bits per heavy atom. The summed E-state index contributed by atoms with van der Waals surface area (Å²) in [6, 6.07) is 4.08. The molecule has 0 aliphatic heterocycles. The Labute approximate surface area is 132 Å². The second-order valence-corrected chi connectivity index (χ2v) is 5.69. The summed E-state index contributed by atoms with van der Waals surface area (Å²) in [4.78, 5) is 12.5. The number of aromatic nitrogens is 2. The summed E-state index contributed by atoms with van der Waals surface area (Å²) in [6.45, 7) is 0. The number of nitrogens with zero attached hydrogens (tertiary/aromatic N) is 2. The number of halogens is 6. The van der Waals surface area contributed by atoms with Crippen LogP contribution in [0.25, 0.3) is 5.69 Å². The zero-order valence-corrected chi connectivity index (χ0v) is 12.4. The topological polar surface area (TPSA) is 26.9 Å². The molecule has 0 N–H and O–H groups in total. The van der Waals surface area contributed by atoms with Gasteiger partial charge in [-0.3, -0.25) is 9.48 Å². The van der Waals surface area contributed by atoms with Gasteiger partial charge < -0.3 is 0 Å². The van der Waals surface area contributed by atoms with Gasteiger partial charge in [0.15, 0.2) is 0 Å². The predicted molar refractivity (Wildman–Crippen MR) is 73.0 cm³/mol. The van der Waals surface area contributed by atoms with Crippen LogP contribution >= 0.6 is 0 Å². The average molecular weight is 350 g/mol. The molecular formula is C15H12F6N2O. The fraction of sp³-hybridized carbons (Fsp3) is 0.400. The van der Waals surface area contributed by atoms with Crippen LogP contribution in [0.3, 0.4) is 0 Å². The molecule has 1 saturated carbocycles. The maximum absolute atomic E-state index is 13.3. The molecule has 0 atom stereocenters. The lowest BCUT2D eigenvalue weighted by atomic mass is 10.1. The SMILES string of the molecule is Cn1c(C(F)(F)F)c(C2CC2)c(=O)n1-c1ccccc1C(F)(F)F. The maximum Gasteiger partial charge on any atom is 0.433 e. The Bertz CT molecular complexity index is 839. The number of alkyl halides is 6. The molecule has 2 aromatic rings. The molecule has 1 aliphatic rings. The molecule has 0 saturated heterocycles. The van der Waals surface area contributed by atoms with Crippen molar-refractivity contribution in [1.29, 1.82) is 0 Å². The molecule has 0 bridgehead atoms. The molecule has 24 heavy (non-hydrogen) atoms. The first-order valence-corrected chi connectivity index (χ1v) is 7.09. The normalized spacial score (nSPS) is 15.8. The van der Waals surface area contributed by atoms with Crippen molar-refractivity contribution in [3.8, 4) is 5.69 Å². The van der Waals surface area contributed by atoms with Crippen molar-refractivity contribution in [2.24, 2.45) is 7.05 Å². The minimum Gasteiger partial charge on any atom is -0.276 e. The summed E-state index contributed by atoms with van der Waals surface area (Å²) in [5, 5.41) is 0. The van der Waals surface area contributed by atoms with E-state index in [-0.39, 0.29) is 0 Å². The Kier molecular flexibility index (Phi) is 3.58. The number of hydrogen-bond acceptors (Lipinski definition) is 1. The highest BCUT2D eigenvalue weighted by molar-refractivity contribution is 5.44. The van der Waals surface area contributed by atoms with E-state index in [1.165, 1.54) is 6.07 Å². The fourth-order valence-electron chi connectivity index (χ4n) is 2.87. The van der Waals surface area contributed by atoms with Gasteiger partial charge in [-0.25, -0.2) is 4.68 Å². The highest BCUT2D eigenvalue weighted by atomic mass is 19.4. The van der Waals surface area contributed by atoms with E-state index in [0.29, 0.717) is 22.2 Å². The Morgan fingerprint density at radius 3 is 2.08 bits per heavy atom. The minimum absolute atomic E-state index is 0.420. The number of hydrogen-bond donors (Lipinski definition) is 0. The first kappa shape index (κ1) is 16.7. The second kappa shape index (κ2) is 5.15. The van der Waals surface area contributed by atoms with Crippen molar-refractivity contribution in [3.05, 3.63) is 51.4 Å². The molecule has 3 rings (SSSR count). The molecule has 1 heterocycles. The van der Waals surface area contributed by atoms with E-state index in [4.69, 9.17) is 0 Å². The lowest BCUT2D eigenvalue weighted by Crippen LogP contribution is -2.24. The molecule has 1 aromatic heterocycles. The van der Waals surface area contributed by atoms with Crippen molar-refractivity contribution in [1.82, 2.24) is 9.36 Å². The van der Waals surface area contributed by atoms with Gasteiger partial charge in [0.1, 0.15) is 5.69 Å². The summed E-state index contributed by atoms with van der Waals surface area (Å²) < 4.78 is 80.5. The molecule has 9 heteroatoms. The van der Waals surface area contributed by atoms with E-state index in [9.17, 15) is 31.1 Å².